The van der Waals surface area contributed by atoms with Gasteiger partial charge in [-0.1, -0.05) is 43.5 Å². The van der Waals surface area contributed by atoms with Crippen molar-refractivity contribution in [1.82, 2.24) is 4.90 Å². The van der Waals surface area contributed by atoms with Gasteiger partial charge in [-0.05, 0) is 43.7 Å². The van der Waals surface area contributed by atoms with Crippen molar-refractivity contribution in [1.29, 1.82) is 0 Å². The van der Waals surface area contributed by atoms with E-state index in [4.69, 9.17) is 0 Å². The van der Waals surface area contributed by atoms with Crippen LogP contribution in [-0.2, 0) is 6.42 Å². The van der Waals surface area contributed by atoms with Gasteiger partial charge < -0.3 is 10.0 Å². The van der Waals surface area contributed by atoms with Gasteiger partial charge in [0.2, 0.25) is 0 Å². The lowest BCUT2D eigenvalue weighted by molar-refractivity contribution is 0.110. The fourth-order valence-corrected chi connectivity index (χ4v) is 3.16. The van der Waals surface area contributed by atoms with E-state index >= 15 is 0 Å². The van der Waals surface area contributed by atoms with Gasteiger partial charge in [0.1, 0.15) is 0 Å². The van der Waals surface area contributed by atoms with Crippen molar-refractivity contribution in [2.75, 3.05) is 6.54 Å². The summed E-state index contributed by atoms with van der Waals surface area (Å²) >= 11 is 0. The molecule has 0 saturated heterocycles. The molecule has 0 aliphatic heterocycles. The minimum atomic E-state index is -0.748. The lowest BCUT2D eigenvalue weighted by Gasteiger charge is -2.32. The first-order chi connectivity index (χ1) is 9.68. The van der Waals surface area contributed by atoms with Gasteiger partial charge in [-0.15, -0.1) is 0 Å². The minimum Gasteiger partial charge on any atom is -0.465 e. The number of hydrogen-bond donors (Lipinski definition) is 1. The molecule has 1 aliphatic rings. The van der Waals surface area contributed by atoms with Crippen LogP contribution in [0.25, 0.3) is 0 Å². The maximum absolute atomic E-state index is 11.4. The lowest BCUT2D eigenvalue weighted by atomic mass is 9.94. The second-order valence-electron chi connectivity index (χ2n) is 5.80. The van der Waals surface area contributed by atoms with Gasteiger partial charge in [0.25, 0.3) is 0 Å². The van der Waals surface area contributed by atoms with Crippen LogP contribution in [0.5, 0.6) is 0 Å². The quantitative estimate of drug-likeness (QED) is 0.873. The molecule has 1 amide bonds. The molecule has 0 unspecified atom stereocenters. The van der Waals surface area contributed by atoms with E-state index in [1.807, 2.05) is 6.07 Å². The third-order valence-electron chi connectivity index (χ3n) is 4.37. The maximum atomic E-state index is 11.4. The third kappa shape index (κ3) is 3.99. The smallest absolute Gasteiger partial charge is 0.407 e. The highest BCUT2D eigenvalue weighted by Crippen LogP contribution is 2.23. The van der Waals surface area contributed by atoms with E-state index in [1.54, 1.807) is 4.90 Å². The minimum absolute atomic E-state index is 0.248. The summed E-state index contributed by atoms with van der Waals surface area (Å²) in [6.45, 7) is 2.78. The van der Waals surface area contributed by atoms with Gasteiger partial charge in [-0.2, -0.15) is 0 Å². The zero-order valence-electron chi connectivity index (χ0n) is 12.3. The predicted molar refractivity (Wildman–Crippen MR) is 81.1 cm³/mol. The van der Waals surface area contributed by atoms with Crippen molar-refractivity contribution in [3.05, 3.63) is 35.4 Å². The Balaban J connectivity index is 1.86. The van der Waals surface area contributed by atoms with Crippen molar-refractivity contribution in [2.45, 2.75) is 57.9 Å². The third-order valence-corrected chi connectivity index (χ3v) is 4.37. The number of rotatable bonds is 5. The van der Waals surface area contributed by atoms with E-state index in [0.717, 1.165) is 25.7 Å². The largest absolute Gasteiger partial charge is 0.465 e. The van der Waals surface area contributed by atoms with E-state index in [9.17, 15) is 9.90 Å². The standard InChI is InChI=1S/C17H25NO2/c1-14-8-5-6-9-15(14)10-7-13-18(17(19)20)16-11-3-2-4-12-16/h5-6,8-9,16H,2-4,7,10-13H2,1H3,(H,19,20). The van der Waals surface area contributed by atoms with Crippen LogP contribution in [0.2, 0.25) is 0 Å². The summed E-state index contributed by atoms with van der Waals surface area (Å²) in [6.07, 6.45) is 6.80. The number of carbonyl (C=O) groups is 1. The maximum Gasteiger partial charge on any atom is 0.407 e. The summed E-state index contributed by atoms with van der Waals surface area (Å²) in [4.78, 5) is 13.1. The van der Waals surface area contributed by atoms with Crippen LogP contribution < -0.4 is 0 Å². The molecule has 0 spiro atoms. The summed E-state index contributed by atoms with van der Waals surface area (Å²) in [7, 11) is 0. The molecule has 0 radical (unpaired) electrons. The number of benzene rings is 1. The summed E-state index contributed by atoms with van der Waals surface area (Å²) < 4.78 is 0. The number of aryl methyl sites for hydroxylation is 2. The monoisotopic (exact) mass is 275 g/mol. The van der Waals surface area contributed by atoms with Gasteiger partial charge in [-0.25, -0.2) is 4.79 Å². The summed E-state index contributed by atoms with van der Waals surface area (Å²) in [5.74, 6) is 0. The molecule has 0 heterocycles. The average Bonchev–Trinajstić information content (AvgIpc) is 2.46. The normalized spacial score (nSPS) is 16.1. The molecule has 0 aromatic heterocycles. The zero-order valence-corrected chi connectivity index (χ0v) is 12.3. The van der Waals surface area contributed by atoms with Crippen molar-refractivity contribution in [3.63, 3.8) is 0 Å². The van der Waals surface area contributed by atoms with E-state index in [-0.39, 0.29) is 6.04 Å². The highest BCUT2D eigenvalue weighted by Gasteiger charge is 2.24. The molecule has 0 atom stereocenters. The first kappa shape index (κ1) is 14.9. The lowest BCUT2D eigenvalue weighted by Crippen LogP contribution is -2.41. The second-order valence-corrected chi connectivity index (χ2v) is 5.80. The Morgan fingerprint density at radius 1 is 1.25 bits per heavy atom. The van der Waals surface area contributed by atoms with Crippen molar-refractivity contribution in [3.8, 4) is 0 Å². The molecular formula is C17H25NO2. The first-order valence-corrected chi connectivity index (χ1v) is 7.72. The van der Waals surface area contributed by atoms with Crippen LogP contribution >= 0.6 is 0 Å². The van der Waals surface area contributed by atoms with E-state index in [0.29, 0.717) is 6.54 Å². The van der Waals surface area contributed by atoms with Crippen molar-refractivity contribution < 1.29 is 9.90 Å². The number of amides is 1. The highest BCUT2D eigenvalue weighted by molar-refractivity contribution is 5.65. The highest BCUT2D eigenvalue weighted by atomic mass is 16.4. The van der Waals surface area contributed by atoms with Crippen LogP contribution in [0.4, 0.5) is 4.79 Å². The van der Waals surface area contributed by atoms with E-state index in [1.165, 1.54) is 30.4 Å². The zero-order chi connectivity index (χ0) is 14.4. The van der Waals surface area contributed by atoms with Gasteiger partial charge in [-0.3, -0.25) is 0 Å². The Kier molecular flexibility index (Phi) is 5.45. The molecule has 1 aromatic carbocycles. The fourth-order valence-electron chi connectivity index (χ4n) is 3.16. The number of carboxylic acid groups (broad SMARTS) is 1. The Bertz CT molecular complexity index is 438. The van der Waals surface area contributed by atoms with Crippen LogP contribution in [0, 0.1) is 6.92 Å². The first-order valence-electron chi connectivity index (χ1n) is 7.72. The molecule has 0 bridgehead atoms. The predicted octanol–water partition coefficient (Wildman–Crippen LogP) is 4.24. The fraction of sp³-hybridized carbons (Fsp3) is 0.588. The molecule has 110 valence electrons. The summed E-state index contributed by atoms with van der Waals surface area (Å²) in [5, 5.41) is 9.40. The second kappa shape index (κ2) is 7.32. The molecule has 1 fully saturated rings. The Morgan fingerprint density at radius 3 is 2.60 bits per heavy atom. The molecule has 1 aromatic rings. The van der Waals surface area contributed by atoms with Crippen LogP contribution in [0.1, 0.15) is 49.7 Å². The van der Waals surface area contributed by atoms with Crippen LogP contribution in [0.3, 0.4) is 0 Å². The average molecular weight is 275 g/mol. The molecule has 1 saturated carbocycles. The van der Waals surface area contributed by atoms with Crippen molar-refractivity contribution >= 4 is 6.09 Å². The number of hydrogen-bond acceptors (Lipinski definition) is 1. The molecule has 1 aliphatic carbocycles. The molecule has 2 rings (SSSR count). The summed E-state index contributed by atoms with van der Waals surface area (Å²) in [5.41, 5.74) is 2.63. The molecule has 3 nitrogen and oxygen atoms in total. The Morgan fingerprint density at radius 2 is 1.95 bits per heavy atom. The molecular weight excluding hydrogens is 250 g/mol. The topological polar surface area (TPSA) is 40.5 Å². The molecule has 1 N–H and O–H groups in total. The SMILES string of the molecule is Cc1ccccc1CCCN(C(=O)O)C1CCCCC1. The van der Waals surface area contributed by atoms with Gasteiger partial charge >= 0.3 is 6.09 Å². The van der Waals surface area contributed by atoms with E-state index < -0.39 is 6.09 Å². The summed E-state index contributed by atoms with van der Waals surface area (Å²) in [6, 6.07) is 8.60. The van der Waals surface area contributed by atoms with Gasteiger partial charge in [0.15, 0.2) is 0 Å². The van der Waals surface area contributed by atoms with Gasteiger partial charge in [0.05, 0.1) is 0 Å². The van der Waals surface area contributed by atoms with Crippen LogP contribution in [0.15, 0.2) is 24.3 Å². The van der Waals surface area contributed by atoms with Crippen molar-refractivity contribution in [2.24, 2.45) is 0 Å². The molecule has 20 heavy (non-hydrogen) atoms. The molecule has 3 heteroatoms. The number of nitrogens with zero attached hydrogens (tertiary/aromatic N) is 1. The van der Waals surface area contributed by atoms with Gasteiger partial charge in [0, 0.05) is 12.6 Å². The Labute approximate surface area is 121 Å². The van der Waals surface area contributed by atoms with E-state index in [2.05, 4.69) is 25.1 Å². The Hall–Kier alpha value is -1.51. The van der Waals surface area contributed by atoms with Crippen LogP contribution in [-0.4, -0.2) is 28.7 Å².